The first-order chi connectivity index (χ1) is 12.6. The van der Waals surface area contributed by atoms with Crippen molar-refractivity contribution in [3.63, 3.8) is 0 Å². The second kappa shape index (κ2) is 6.13. The highest BCUT2D eigenvalue weighted by Gasteiger charge is 2.16. The number of nitrogens with zero attached hydrogens (tertiary/aromatic N) is 5. The Labute approximate surface area is 147 Å². The number of nitrogens with one attached hydrogen (secondary N) is 1. The highest BCUT2D eigenvalue weighted by atomic mass is 16.6. The van der Waals surface area contributed by atoms with E-state index in [9.17, 15) is 10.1 Å². The summed E-state index contributed by atoms with van der Waals surface area (Å²) in [5.74, 6) is 0.308. The van der Waals surface area contributed by atoms with Crippen LogP contribution in [0.2, 0.25) is 0 Å². The summed E-state index contributed by atoms with van der Waals surface area (Å²) in [4.78, 5) is 10.3. The molecular formula is C17H13N7O2. The second-order valence-corrected chi connectivity index (χ2v) is 5.54. The summed E-state index contributed by atoms with van der Waals surface area (Å²) in [7, 11) is 0. The molecule has 26 heavy (non-hydrogen) atoms. The van der Waals surface area contributed by atoms with Crippen molar-refractivity contribution in [2.45, 2.75) is 0 Å². The van der Waals surface area contributed by atoms with Crippen LogP contribution in [0.5, 0.6) is 0 Å². The molecule has 4 aromatic rings. The molecule has 0 amide bonds. The van der Waals surface area contributed by atoms with Crippen molar-refractivity contribution < 1.29 is 4.92 Å². The van der Waals surface area contributed by atoms with Gasteiger partial charge in [0.15, 0.2) is 11.5 Å². The van der Waals surface area contributed by atoms with Gasteiger partial charge in [-0.1, -0.05) is 35.5 Å². The number of nitrogens with two attached hydrogens (primary N) is 1. The van der Waals surface area contributed by atoms with Crippen molar-refractivity contribution in [2.75, 3.05) is 5.73 Å². The molecule has 0 bridgehead atoms. The van der Waals surface area contributed by atoms with Gasteiger partial charge in [-0.3, -0.25) is 15.2 Å². The topological polar surface area (TPSA) is 129 Å². The molecule has 2 aromatic carbocycles. The van der Waals surface area contributed by atoms with Gasteiger partial charge in [-0.2, -0.15) is 9.78 Å². The summed E-state index contributed by atoms with van der Waals surface area (Å²) in [5.41, 5.74) is 9.57. The molecule has 3 N–H and O–H groups in total. The Morgan fingerprint density at radius 2 is 1.81 bits per heavy atom. The lowest BCUT2D eigenvalue weighted by Crippen LogP contribution is -2.02. The largest absolute Gasteiger partial charge is 0.382 e. The van der Waals surface area contributed by atoms with Crippen molar-refractivity contribution in [3.8, 4) is 28.3 Å². The van der Waals surface area contributed by atoms with Crippen molar-refractivity contribution in [1.82, 2.24) is 25.2 Å². The van der Waals surface area contributed by atoms with Gasteiger partial charge in [0.25, 0.3) is 5.69 Å². The maximum absolute atomic E-state index is 10.8. The predicted octanol–water partition coefficient (Wildman–Crippen LogP) is 2.81. The summed E-state index contributed by atoms with van der Waals surface area (Å²) in [6, 6.07) is 17.5. The molecular weight excluding hydrogens is 334 g/mol. The predicted molar refractivity (Wildman–Crippen MR) is 95.4 cm³/mol. The van der Waals surface area contributed by atoms with Crippen LogP contribution in [0.15, 0.2) is 60.7 Å². The third kappa shape index (κ3) is 2.67. The van der Waals surface area contributed by atoms with Crippen LogP contribution in [0, 0.1) is 10.1 Å². The van der Waals surface area contributed by atoms with E-state index in [0.717, 1.165) is 11.3 Å². The molecule has 0 fully saturated rings. The van der Waals surface area contributed by atoms with Crippen molar-refractivity contribution in [2.24, 2.45) is 0 Å². The maximum atomic E-state index is 10.8. The number of nitro groups is 1. The van der Waals surface area contributed by atoms with Crippen LogP contribution in [0.1, 0.15) is 0 Å². The van der Waals surface area contributed by atoms with Gasteiger partial charge in [0.05, 0.1) is 22.0 Å². The molecule has 0 atom stereocenters. The van der Waals surface area contributed by atoms with Crippen molar-refractivity contribution in [3.05, 3.63) is 70.8 Å². The van der Waals surface area contributed by atoms with E-state index in [2.05, 4.69) is 20.5 Å². The molecule has 0 unspecified atom stereocenters. The maximum Gasteiger partial charge on any atom is 0.269 e. The highest BCUT2D eigenvalue weighted by Crippen LogP contribution is 2.27. The van der Waals surface area contributed by atoms with Gasteiger partial charge in [-0.25, -0.2) is 0 Å². The Morgan fingerprint density at radius 3 is 2.50 bits per heavy atom. The molecule has 9 heteroatoms. The molecule has 4 rings (SSSR count). The number of anilines is 1. The third-order valence-electron chi connectivity index (χ3n) is 3.91. The number of H-pyrrole nitrogens is 1. The molecule has 128 valence electrons. The second-order valence-electron chi connectivity index (χ2n) is 5.54. The van der Waals surface area contributed by atoms with Crippen LogP contribution < -0.4 is 5.73 Å². The quantitative estimate of drug-likeness (QED) is 0.431. The minimum Gasteiger partial charge on any atom is -0.382 e. The normalized spacial score (nSPS) is 10.8. The number of aromatic nitrogens is 5. The Hall–Kier alpha value is -4.01. The van der Waals surface area contributed by atoms with Gasteiger partial charge in [0.1, 0.15) is 0 Å². The standard InChI is InChI=1S/C17H13N7O2/c18-17-16(15-10-14(19-20-15)11-4-2-1-3-5-11)21-22-23(17)12-6-8-13(9-7-12)24(25)26/h1-10H,18H2,(H,19,20). The summed E-state index contributed by atoms with van der Waals surface area (Å²) in [6.07, 6.45) is 0. The van der Waals surface area contributed by atoms with Gasteiger partial charge in [-0.05, 0) is 18.2 Å². The summed E-state index contributed by atoms with van der Waals surface area (Å²) in [6.45, 7) is 0. The third-order valence-corrected chi connectivity index (χ3v) is 3.91. The lowest BCUT2D eigenvalue weighted by atomic mass is 10.1. The van der Waals surface area contributed by atoms with E-state index in [1.807, 2.05) is 36.4 Å². The number of non-ortho nitro benzene ring substituents is 1. The number of nitrogen functional groups attached to an aromatic ring is 1. The van der Waals surface area contributed by atoms with Gasteiger partial charge >= 0.3 is 0 Å². The van der Waals surface area contributed by atoms with E-state index in [4.69, 9.17) is 5.73 Å². The van der Waals surface area contributed by atoms with E-state index < -0.39 is 4.92 Å². The lowest BCUT2D eigenvalue weighted by molar-refractivity contribution is -0.384. The minimum atomic E-state index is -0.463. The molecule has 2 heterocycles. The van der Waals surface area contributed by atoms with Crippen LogP contribution in [-0.2, 0) is 0 Å². The van der Waals surface area contributed by atoms with Crippen molar-refractivity contribution >= 4 is 11.5 Å². The average molecular weight is 347 g/mol. The number of benzene rings is 2. The zero-order valence-corrected chi connectivity index (χ0v) is 13.4. The Balaban J connectivity index is 1.68. The van der Waals surface area contributed by atoms with Gasteiger partial charge in [-0.15, -0.1) is 5.10 Å². The summed E-state index contributed by atoms with van der Waals surface area (Å²) in [5, 5.41) is 26.1. The first kappa shape index (κ1) is 15.5. The number of rotatable bonds is 4. The highest BCUT2D eigenvalue weighted by molar-refractivity contribution is 5.72. The van der Waals surface area contributed by atoms with Crippen LogP contribution in [0.4, 0.5) is 11.5 Å². The average Bonchev–Trinajstić information content (AvgIpc) is 3.29. The number of aromatic amines is 1. The first-order valence-electron chi connectivity index (χ1n) is 7.70. The van der Waals surface area contributed by atoms with Crippen molar-refractivity contribution in [1.29, 1.82) is 0 Å². The van der Waals surface area contributed by atoms with E-state index in [1.54, 1.807) is 12.1 Å². The molecule has 2 aromatic heterocycles. The summed E-state index contributed by atoms with van der Waals surface area (Å²) < 4.78 is 1.42. The number of nitro benzene ring substituents is 1. The Morgan fingerprint density at radius 1 is 1.08 bits per heavy atom. The van der Waals surface area contributed by atoms with E-state index in [1.165, 1.54) is 16.8 Å². The van der Waals surface area contributed by atoms with E-state index in [0.29, 0.717) is 22.9 Å². The van der Waals surface area contributed by atoms with Crippen LogP contribution >= 0.6 is 0 Å². The smallest absolute Gasteiger partial charge is 0.269 e. The molecule has 0 aliphatic carbocycles. The fraction of sp³-hybridized carbons (Fsp3) is 0. The SMILES string of the molecule is Nc1c(-c2cc(-c3ccccc3)n[nH]2)nnn1-c1ccc([N+](=O)[O-])cc1. The van der Waals surface area contributed by atoms with Crippen LogP contribution in [0.3, 0.4) is 0 Å². The molecule has 9 nitrogen and oxygen atoms in total. The monoisotopic (exact) mass is 347 g/mol. The van der Waals surface area contributed by atoms with Crippen LogP contribution in [0.25, 0.3) is 28.3 Å². The lowest BCUT2D eigenvalue weighted by Gasteiger charge is -2.02. The zero-order chi connectivity index (χ0) is 18.1. The Bertz CT molecular complexity index is 1070. The summed E-state index contributed by atoms with van der Waals surface area (Å²) >= 11 is 0. The zero-order valence-electron chi connectivity index (χ0n) is 13.4. The van der Waals surface area contributed by atoms with Gasteiger partial charge < -0.3 is 5.73 Å². The van der Waals surface area contributed by atoms with Gasteiger partial charge in [0, 0.05) is 17.7 Å². The Kier molecular flexibility index (Phi) is 3.66. The van der Waals surface area contributed by atoms with Crippen LogP contribution in [-0.4, -0.2) is 30.1 Å². The van der Waals surface area contributed by atoms with Gasteiger partial charge in [0.2, 0.25) is 0 Å². The molecule has 0 aliphatic rings. The molecule has 0 saturated carbocycles. The minimum absolute atomic E-state index is 0.00580. The first-order valence-corrected chi connectivity index (χ1v) is 7.70. The van der Waals surface area contributed by atoms with E-state index >= 15 is 0 Å². The molecule has 0 saturated heterocycles. The number of hydrogen-bond donors (Lipinski definition) is 2. The number of hydrogen-bond acceptors (Lipinski definition) is 6. The fourth-order valence-electron chi connectivity index (χ4n) is 2.59. The fourth-order valence-corrected chi connectivity index (χ4v) is 2.59. The molecule has 0 spiro atoms. The molecule has 0 radical (unpaired) electrons. The van der Waals surface area contributed by atoms with E-state index in [-0.39, 0.29) is 5.69 Å². The molecule has 0 aliphatic heterocycles.